The summed E-state index contributed by atoms with van der Waals surface area (Å²) in [6, 6.07) is 12.8. The van der Waals surface area contributed by atoms with Crippen LogP contribution in [-0.4, -0.2) is 0 Å². The van der Waals surface area contributed by atoms with Crippen molar-refractivity contribution in [1.82, 2.24) is 0 Å². The van der Waals surface area contributed by atoms with Gasteiger partial charge in [-0.3, -0.25) is 0 Å². The Bertz CT molecular complexity index is 721. The molecule has 2 aromatic carbocycles. The average Bonchev–Trinajstić information content (AvgIpc) is 2.81. The van der Waals surface area contributed by atoms with Gasteiger partial charge in [0.25, 0.3) is 0 Å². The molecule has 19 heavy (non-hydrogen) atoms. The molecule has 3 aromatic rings. The molecule has 0 amide bonds. The molecular weight excluding hydrogens is 266 g/mol. The molecule has 0 aliphatic heterocycles. The van der Waals surface area contributed by atoms with Gasteiger partial charge in [-0.1, -0.05) is 18.2 Å². The third kappa shape index (κ3) is 2.58. The minimum Gasteiger partial charge on any atom is -0.488 e. The van der Waals surface area contributed by atoms with Gasteiger partial charge in [0.15, 0.2) is 0 Å². The number of fused-ring (bicyclic) bond motifs is 1. The van der Waals surface area contributed by atoms with Gasteiger partial charge in [-0.05, 0) is 29.7 Å². The van der Waals surface area contributed by atoms with Crippen LogP contribution >= 0.6 is 11.3 Å². The minimum atomic E-state index is -0.333. The highest BCUT2D eigenvalue weighted by Crippen LogP contribution is 2.28. The van der Waals surface area contributed by atoms with E-state index >= 15 is 0 Å². The second-order valence-electron chi connectivity index (χ2n) is 4.12. The van der Waals surface area contributed by atoms with E-state index in [1.165, 1.54) is 29.5 Å². The van der Waals surface area contributed by atoms with Crippen LogP contribution in [0.2, 0.25) is 0 Å². The van der Waals surface area contributed by atoms with Crippen LogP contribution in [0.1, 0.15) is 4.88 Å². The van der Waals surface area contributed by atoms with Crippen molar-refractivity contribution < 1.29 is 13.5 Å². The minimum absolute atomic E-state index is 0.223. The van der Waals surface area contributed by atoms with Crippen molar-refractivity contribution in [2.24, 2.45) is 0 Å². The van der Waals surface area contributed by atoms with Gasteiger partial charge in [-0.2, -0.15) is 0 Å². The van der Waals surface area contributed by atoms with Gasteiger partial charge in [0.1, 0.15) is 24.0 Å². The van der Waals surface area contributed by atoms with Crippen LogP contribution in [0.25, 0.3) is 10.1 Å². The van der Waals surface area contributed by atoms with E-state index in [-0.39, 0.29) is 11.6 Å². The van der Waals surface area contributed by atoms with Crippen LogP contribution in [0.4, 0.5) is 8.78 Å². The maximum atomic E-state index is 13.5. The molecule has 0 radical (unpaired) electrons. The first kappa shape index (κ1) is 12.1. The molecule has 1 nitrogen and oxygen atoms in total. The Kier molecular flexibility index (Phi) is 3.17. The average molecular weight is 276 g/mol. The molecule has 0 bridgehead atoms. The lowest BCUT2D eigenvalue weighted by Gasteiger charge is -2.03. The number of benzene rings is 2. The predicted octanol–water partition coefficient (Wildman–Crippen LogP) is 4.76. The van der Waals surface area contributed by atoms with E-state index in [0.29, 0.717) is 17.1 Å². The van der Waals surface area contributed by atoms with E-state index < -0.39 is 0 Å². The molecule has 96 valence electrons. The molecule has 1 heterocycles. The second-order valence-corrected chi connectivity index (χ2v) is 5.25. The quantitative estimate of drug-likeness (QED) is 0.670. The van der Waals surface area contributed by atoms with E-state index in [1.54, 1.807) is 18.2 Å². The number of rotatable bonds is 3. The number of hydrogen-bond acceptors (Lipinski definition) is 2. The van der Waals surface area contributed by atoms with E-state index in [2.05, 4.69) is 0 Å². The Labute approximate surface area is 113 Å². The van der Waals surface area contributed by atoms with Gasteiger partial charge in [0.05, 0.1) is 4.70 Å². The highest BCUT2D eigenvalue weighted by atomic mass is 32.1. The fraction of sp³-hybridized carbons (Fsp3) is 0.0667. The predicted molar refractivity (Wildman–Crippen MR) is 72.5 cm³/mol. The zero-order chi connectivity index (χ0) is 13.2. The first-order valence-corrected chi connectivity index (χ1v) is 6.59. The van der Waals surface area contributed by atoms with Crippen molar-refractivity contribution in [3.8, 4) is 5.75 Å². The van der Waals surface area contributed by atoms with E-state index in [1.807, 2.05) is 12.1 Å². The molecule has 0 spiro atoms. The third-order valence-corrected chi connectivity index (χ3v) is 3.86. The molecule has 0 N–H and O–H groups in total. The summed E-state index contributed by atoms with van der Waals surface area (Å²) in [4.78, 5) is 0.907. The van der Waals surface area contributed by atoms with Crippen LogP contribution in [0.3, 0.4) is 0 Å². The summed E-state index contributed by atoms with van der Waals surface area (Å²) in [6.45, 7) is 0.308. The molecule has 0 saturated carbocycles. The first-order valence-electron chi connectivity index (χ1n) is 5.78. The fourth-order valence-corrected chi connectivity index (χ4v) is 2.84. The van der Waals surface area contributed by atoms with Crippen LogP contribution in [0.5, 0.6) is 5.75 Å². The Morgan fingerprint density at radius 3 is 2.63 bits per heavy atom. The molecular formula is C15H10F2OS. The molecule has 3 rings (SSSR count). The zero-order valence-corrected chi connectivity index (χ0v) is 10.7. The summed E-state index contributed by atoms with van der Waals surface area (Å²) in [5, 5.41) is 0.864. The fourth-order valence-electron chi connectivity index (χ4n) is 1.86. The van der Waals surface area contributed by atoms with Crippen molar-refractivity contribution in [2.45, 2.75) is 6.61 Å². The number of halogens is 2. The van der Waals surface area contributed by atoms with Gasteiger partial charge < -0.3 is 4.74 Å². The van der Waals surface area contributed by atoms with Crippen molar-refractivity contribution >= 4 is 21.4 Å². The molecule has 1 aromatic heterocycles. The Morgan fingerprint density at radius 1 is 1.00 bits per heavy atom. The lowest BCUT2D eigenvalue weighted by atomic mass is 10.2. The Morgan fingerprint density at radius 2 is 1.84 bits per heavy atom. The largest absolute Gasteiger partial charge is 0.488 e. The van der Waals surface area contributed by atoms with Gasteiger partial charge in [-0.25, -0.2) is 8.78 Å². The van der Waals surface area contributed by atoms with Crippen molar-refractivity contribution in [3.05, 3.63) is 65.0 Å². The van der Waals surface area contributed by atoms with E-state index in [9.17, 15) is 8.78 Å². The van der Waals surface area contributed by atoms with Gasteiger partial charge in [0.2, 0.25) is 0 Å². The summed E-state index contributed by atoms with van der Waals surface area (Å²) in [6.07, 6.45) is 0. The molecule has 0 aliphatic rings. The Balaban J connectivity index is 1.80. The van der Waals surface area contributed by atoms with Gasteiger partial charge in [-0.15, -0.1) is 11.3 Å². The van der Waals surface area contributed by atoms with Crippen LogP contribution < -0.4 is 4.74 Å². The van der Waals surface area contributed by atoms with Crippen LogP contribution in [0, 0.1) is 11.6 Å². The highest BCUT2D eigenvalue weighted by Gasteiger charge is 2.06. The highest BCUT2D eigenvalue weighted by molar-refractivity contribution is 7.19. The summed E-state index contributed by atoms with van der Waals surface area (Å²) in [5.41, 5.74) is 0. The lowest BCUT2D eigenvalue weighted by Crippen LogP contribution is -1.92. The molecule has 0 saturated heterocycles. The van der Waals surface area contributed by atoms with Crippen LogP contribution in [0.15, 0.2) is 48.5 Å². The smallest absolute Gasteiger partial charge is 0.140 e. The lowest BCUT2D eigenvalue weighted by molar-refractivity contribution is 0.308. The monoisotopic (exact) mass is 276 g/mol. The molecule has 0 fully saturated rings. The maximum Gasteiger partial charge on any atom is 0.140 e. The molecule has 0 atom stereocenters. The molecule has 0 aliphatic carbocycles. The molecule has 4 heteroatoms. The second kappa shape index (κ2) is 4.97. The Hall–Kier alpha value is -1.94. The third-order valence-electron chi connectivity index (χ3n) is 2.72. The van der Waals surface area contributed by atoms with Crippen LogP contribution in [-0.2, 0) is 6.61 Å². The summed E-state index contributed by atoms with van der Waals surface area (Å²) in [5.74, 6) is -0.0858. The first-order chi connectivity index (χ1) is 9.22. The molecule has 0 unspecified atom stereocenters. The summed E-state index contributed by atoms with van der Waals surface area (Å²) in [7, 11) is 0. The summed E-state index contributed by atoms with van der Waals surface area (Å²) >= 11 is 1.35. The number of ether oxygens (including phenoxy) is 1. The number of hydrogen-bond donors (Lipinski definition) is 0. The van der Waals surface area contributed by atoms with Crippen molar-refractivity contribution in [1.29, 1.82) is 0 Å². The topological polar surface area (TPSA) is 9.23 Å². The summed E-state index contributed by atoms with van der Waals surface area (Å²) < 4.78 is 32.6. The van der Waals surface area contributed by atoms with Crippen molar-refractivity contribution in [3.63, 3.8) is 0 Å². The van der Waals surface area contributed by atoms with E-state index in [0.717, 1.165) is 10.3 Å². The SMILES string of the molecule is Fc1cccc(OCc2cc3cccc(F)c3s2)c1. The zero-order valence-electron chi connectivity index (χ0n) is 9.90. The van der Waals surface area contributed by atoms with Gasteiger partial charge >= 0.3 is 0 Å². The number of thiophene rings is 1. The maximum absolute atomic E-state index is 13.5. The van der Waals surface area contributed by atoms with Gasteiger partial charge in [0, 0.05) is 10.9 Å². The normalized spacial score (nSPS) is 10.8. The standard InChI is InChI=1S/C15H10F2OS/c16-11-4-2-5-12(8-11)18-9-13-7-10-3-1-6-14(17)15(10)19-13/h1-8H,9H2. The van der Waals surface area contributed by atoms with E-state index in [4.69, 9.17) is 4.74 Å². The van der Waals surface area contributed by atoms with Crippen molar-refractivity contribution in [2.75, 3.05) is 0 Å².